The first kappa shape index (κ1) is 11.5. The van der Waals surface area contributed by atoms with Gasteiger partial charge in [0.05, 0.1) is 0 Å². The molecule has 0 amide bonds. The van der Waals surface area contributed by atoms with Crippen LogP contribution in [0.4, 0.5) is 14.6 Å². The summed E-state index contributed by atoms with van der Waals surface area (Å²) in [6, 6.07) is 10.8. The third-order valence-electron chi connectivity index (χ3n) is 2.42. The molecule has 0 aliphatic rings. The Bertz CT molecular complexity index is 497. The van der Waals surface area contributed by atoms with Crippen LogP contribution in [0.15, 0.2) is 42.5 Å². The molecule has 2 nitrogen and oxygen atoms in total. The Labute approximate surface area is 98.5 Å². The maximum absolute atomic E-state index is 12.9. The Morgan fingerprint density at radius 3 is 2.41 bits per heavy atom. The van der Waals surface area contributed by atoms with Crippen LogP contribution in [0, 0.1) is 11.8 Å². The fraction of sp³-hybridized carbons (Fsp3) is 0.154. The van der Waals surface area contributed by atoms with Gasteiger partial charge in [-0.2, -0.15) is 4.39 Å². The van der Waals surface area contributed by atoms with Crippen LogP contribution < -0.4 is 4.90 Å². The number of halogens is 2. The number of rotatable bonds is 3. The van der Waals surface area contributed by atoms with Crippen molar-refractivity contribution in [3.05, 3.63) is 59.8 Å². The van der Waals surface area contributed by atoms with Gasteiger partial charge in [0.15, 0.2) is 0 Å². The van der Waals surface area contributed by atoms with Crippen LogP contribution in [0.5, 0.6) is 0 Å². The first-order valence-electron chi connectivity index (χ1n) is 5.23. The Balaban J connectivity index is 2.11. The fourth-order valence-corrected chi connectivity index (χ4v) is 1.55. The number of benzene rings is 1. The second kappa shape index (κ2) is 4.91. The van der Waals surface area contributed by atoms with Crippen molar-refractivity contribution < 1.29 is 8.78 Å². The lowest BCUT2D eigenvalue weighted by Gasteiger charge is -2.18. The van der Waals surface area contributed by atoms with E-state index in [0.29, 0.717) is 12.4 Å². The van der Waals surface area contributed by atoms with E-state index in [9.17, 15) is 8.78 Å². The van der Waals surface area contributed by atoms with Crippen molar-refractivity contribution in [1.29, 1.82) is 0 Å². The molecular formula is C13H12F2N2. The molecule has 0 radical (unpaired) electrons. The minimum Gasteiger partial charge on any atom is -0.355 e. The highest BCUT2D eigenvalue weighted by atomic mass is 19.1. The average Bonchev–Trinajstić information content (AvgIpc) is 2.32. The van der Waals surface area contributed by atoms with Crippen LogP contribution >= 0.6 is 0 Å². The van der Waals surface area contributed by atoms with Gasteiger partial charge in [-0.1, -0.05) is 18.2 Å². The second-order valence-electron chi connectivity index (χ2n) is 3.80. The monoisotopic (exact) mass is 234 g/mol. The average molecular weight is 234 g/mol. The molecule has 0 saturated heterocycles. The van der Waals surface area contributed by atoms with E-state index < -0.39 is 5.95 Å². The molecule has 0 aliphatic carbocycles. The van der Waals surface area contributed by atoms with Crippen molar-refractivity contribution in [2.24, 2.45) is 0 Å². The summed E-state index contributed by atoms with van der Waals surface area (Å²) < 4.78 is 25.7. The molecule has 0 unspecified atom stereocenters. The van der Waals surface area contributed by atoms with Gasteiger partial charge in [-0.05, 0) is 29.8 Å². The standard InChI is InChI=1S/C13H12F2N2/c1-17(13-4-2-3-12(15)16-13)9-10-5-7-11(14)8-6-10/h2-8H,9H2,1H3. The van der Waals surface area contributed by atoms with E-state index >= 15 is 0 Å². The van der Waals surface area contributed by atoms with Crippen LogP contribution in [0.25, 0.3) is 0 Å². The number of aromatic nitrogens is 1. The van der Waals surface area contributed by atoms with Gasteiger partial charge in [0, 0.05) is 13.6 Å². The third-order valence-corrected chi connectivity index (χ3v) is 2.42. The van der Waals surface area contributed by atoms with E-state index in [0.717, 1.165) is 5.56 Å². The van der Waals surface area contributed by atoms with Crippen molar-refractivity contribution in [3.8, 4) is 0 Å². The van der Waals surface area contributed by atoms with Crippen molar-refractivity contribution >= 4 is 5.82 Å². The van der Waals surface area contributed by atoms with Crippen LogP contribution in [-0.2, 0) is 6.54 Å². The molecular weight excluding hydrogens is 222 g/mol. The van der Waals surface area contributed by atoms with Gasteiger partial charge in [-0.3, -0.25) is 0 Å². The Morgan fingerprint density at radius 1 is 1.06 bits per heavy atom. The van der Waals surface area contributed by atoms with E-state index in [1.165, 1.54) is 18.2 Å². The first-order valence-corrected chi connectivity index (χ1v) is 5.23. The van der Waals surface area contributed by atoms with Gasteiger partial charge in [-0.15, -0.1) is 0 Å². The lowest BCUT2D eigenvalue weighted by molar-refractivity contribution is 0.582. The molecule has 0 N–H and O–H groups in total. The van der Waals surface area contributed by atoms with Gasteiger partial charge in [0.2, 0.25) is 5.95 Å². The van der Waals surface area contributed by atoms with Crippen LogP contribution in [0.3, 0.4) is 0 Å². The Kier molecular flexibility index (Phi) is 3.32. The molecule has 2 aromatic rings. The molecule has 88 valence electrons. The third kappa shape index (κ3) is 3.00. The smallest absolute Gasteiger partial charge is 0.214 e. The summed E-state index contributed by atoms with van der Waals surface area (Å²) in [6.45, 7) is 0.552. The predicted molar refractivity (Wildman–Crippen MR) is 62.7 cm³/mol. The summed E-state index contributed by atoms with van der Waals surface area (Å²) in [7, 11) is 1.81. The molecule has 0 aliphatic heterocycles. The van der Waals surface area contributed by atoms with Crippen molar-refractivity contribution in [2.75, 3.05) is 11.9 Å². The minimum atomic E-state index is -0.506. The van der Waals surface area contributed by atoms with Gasteiger partial charge in [0.1, 0.15) is 11.6 Å². The van der Waals surface area contributed by atoms with E-state index in [2.05, 4.69) is 4.98 Å². The highest BCUT2D eigenvalue weighted by Gasteiger charge is 2.04. The number of pyridine rings is 1. The number of hydrogen-bond donors (Lipinski definition) is 0. The fourth-order valence-electron chi connectivity index (χ4n) is 1.55. The lowest BCUT2D eigenvalue weighted by atomic mass is 10.2. The van der Waals surface area contributed by atoms with Crippen molar-refractivity contribution in [1.82, 2.24) is 4.98 Å². The quantitative estimate of drug-likeness (QED) is 0.759. The van der Waals surface area contributed by atoms with E-state index in [1.54, 1.807) is 29.2 Å². The molecule has 1 aromatic heterocycles. The zero-order valence-electron chi connectivity index (χ0n) is 9.40. The number of anilines is 1. The van der Waals surface area contributed by atoms with Crippen molar-refractivity contribution in [2.45, 2.75) is 6.54 Å². The molecule has 0 atom stereocenters. The second-order valence-corrected chi connectivity index (χ2v) is 3.80. The van der Waals surface area contributed by atoms with Crippen molar-refractivity contribution in [3.63, 3.8) is 0 Å². The zero-order valence-corrected chi connectivity index (χ0v) is 9.40. The Hall–Kier alpha value is -1.97. The van der Waals surface area contributed by atoms with Gasteiger partial charge >= 0.3 is 0 Å². The van der Waals surface area contributed by atoms with Crippen LogP contribution in [-0.4, -0.2) is 12.0 Å². The molecule has 17 heavy (non-hydrogen) atoms. The summed E-state index contributed by atoms with van der Waals surface area (Å²) >= 11 is 0. The Morgan fingerprint density at radius 2 is 1.76 bits per heavy atom. The minimum absolute atomic E-state index is 0.264. The van der Waals surface area contributed by atoms with Gasteiger partial charge in [0.25, 0.3) is 0 Å². The van der Waals surface area contributed by atoms with Crippen LogP contribution in [0.2, 0.25) is 0 Å². The maximum Gasteiger partial charge on any atom is 0.214 e. The topological polar surface area (TPSA) is 16.1 Å². The molecule has 1 aromatic carbocycles. The molecule has 2 rings (SSSR count). The van der Waals surface area contributed by atoms with E-state index in [1.807, 2.05) is 7.05 Å². The maximum atomic E-state index is 12.9. The lowest BCUT2D eigenvalue weighted by Crippen LogP contribution is -2.17. The van der Waals surface area contributed by atoms with E-state index in [-0.39, 0.29) is 5.82 Å². The predicted octanol–water partition coefficient (Wildman–Crippen LogP) is 3.00. The number of hydrogen-bond acceptors (Lipinski definition) is 2. The van der Waals surface area contributed by atoms with Gasteiger partial charge < -0.3 is 4.90 Å². The molecule has 4 heteroatoms. The first-order chi connectivity index (χ1) is 8.15. The molecule has 0 bridgehead atoms. The number of nitrogens with zero attached hydrogens (tertiary/aromatic N) is 2. The highest BCUT2D eigenvalue weighted by Crippen LogP contribution is 2.13. The zero-order chi connectivity index (χ0) is 12.3. The highest BCUT2D eigenvalue weighted by molar-refractivity contribution is 5.38. The van der Waals surface area contributed by atoms with E-state index in [4.69, 9.17) is 0 Å². The summed E-state index contributed by atoms with van der Waals surface area (Å²) in [6.07, 6.45) is 0. The normalized spacial score (nSPS) is 10.3. The summed E-state index contributed by atoms with van der Waals surface area (Å²) in [5.74, 6) is -0.219. The van der Waals surface area contributed by atoms with Crippen LogP contribution in [0.1, 0.15) is 5.56 Å². The molecule has 1 heterocycles. The SMILES string of the molecule is CN(Cc1ccc(F)cc1)c1cccc(F)n1. The molecule has 0 spiro atoms. The molecule has 0 saturated carbocycles. The summed E-state index contributed by atoms with van der Waals surface area (Å²) in [4.78, 5) is 5.57. The molecule has 0 fully saturated rings. The van der Waals surface area contributed by atoms with Gasteiger partial charge in [-0.25, -0.2) is 9.37 Å². The largest absolute Gasteiger partial charge is 0.355 e. The summed E-state index contributed by atoms with van der Waals surface area (Å²) in [5, 5.41) is 0. The summed E-state index contributed by atoms with van der Waals surface area (Å²) in [5.41, 5.74) is 0.944.